The first-order chi connectivity index (χ1) is 5.69. The van der Waals surface area contributed by atoms with Gasteiger partial charge in [-0.3, -0.25) is 5.32 Å². The summed E-state index contributed by atoms with van der Waals surface area (Å²) in [5.41, 5.74) is 0. The van der Waals surface area contributed by atoms with Crippen LogP contribution in [0.15, 0.2) is 12.7 Å². The first-order valence-corrected chi connectivity index (χ1v) is 4.21. The summed E-state index contributed by atoms with van der Waals surface area (Å²) >= 11 is 0. The maximum absolute atomic E-state index is 9.60. The van der Waals surface area contributed by atoms with Gasteiger partial charge in [0.2, 0.25) is 0 Å². The van der Waals surface area contributed by atoms with E-state index in [1.165, 1.54) is 0 Å². The average molecular weight is 165 g/mol. The molecule has 2 nitrogen and oxygen atoms in total. The first-order valence-electron chi connectivity index (χ1n) is 4.21. The number of aliphatic hydroxyl groups is 1. The van der Waals surface area contributed by atoms with Crippen molar-refractivity contribution in [3.63, 3.8) is 0 Å². The van der Waals surface area contributed by atoms with Gasteiger partial charge in [0.1, 0.15) is 0 Å². The summed E-state index contributed by atoms with van der Waals surface area (Å²) in [6.45, 7) is 5.69. The lowest BCUT2D eigenvalue weighted by atomic mass is 9.86. The van der Waals surface area contributed by atoms with Gasteiger partial charge in [-0.15, -0.1) is 13.0 Å². The minimum absolute atomic E-state index is 0.0146. The van der Waals surface area contributed by atoms with Crippen molar-refractivity contribution in [2.75, 3.05) is 0 Å². The second kappa shape index (κ2) is 3.75. The van der Waals surface area contributed by atoms with E-state index in [4.69, 9.17) is 6.42 Å². The normalized spacial score (nSPS) is 41.8. The van der Waals surface area contributed by atoms with Gasteiger partial charge in [0, 0.05) is 18.4 Å². The van der Waals surface area contributed by atoms with Gasteiger partial charge in [-0.1, -0.05) is 18.9 Å². The monoisotopic (exact) mass is 165 g/mol. The Balaban J connectivity index is 2.65. The first kappa shape index (κ1) is 9.31. The number of nitrogens with one attached hydrogen (secondary N) is 1. The number of hydrogen-bond donors (Lipinski definition) is 2. The van der Waals surface area contributed by atoms with Crippen molar-refractivity contribution < 1.29 is 5.11 Å². The molecule has 1 aliphatic heterocycles. The second-order valence-corrected chi connectivity index (χ2v) is 3.31. The number of terminal acetylenes is 1. The largest absolute Gasteiger partial charge is 0.393 e. The third kappa shape index (κ3) is 1.69. The number of hydrogen-bond acceptors (Lipinski definition) is 2. The Kier molecular flexibility index (Phi) is 2.91. The molecule has 0 aromatic carbocycles. The van der Waals surface area contributed by atoms with E-state index in [1.54, 1.807) is 6.08 Å². The SMILES string of the molecule is C#C[C@H]1C[C@H](O)[C@H](C)[C@@H](C=C)N1. The van der Waals surface area contributed by atoms with Gasteiger partial charge in [-0.05, 0) is 0 Å². The molecule has 1 saturated heterocycles. The molecule has 0 saturated carbocycles. The number of piperidine rings is 1. The molecule has 1 heterocycles. The van der Waals surface area contributed by atoms with Gasteiger partial charge in [-0.25, -0.2) is 0 Å². The second-order valence-electron chi connectivity index (χ2n) is 3.31. The van der Waals surface area contributed by atoms with Gasteiger partial charge >= 0.3 is 0 Å². The Labute approximate surface area is 73.7 Å². The molecule has 0 unspecified atom stereocenters. The predicted octanol–water partition coefficient (Wildman–Crippen LogP) is 0.533. The summed E-state index contributed by atoms with van der Waals surface area (Å²) in [4.78, 5) is 0. The van der Waals surface area contributed by atoms with Crippen LogP contribution in [0.3, 0.4) is 0 Å². The molecule has 2 heteroatoms. The van der Waals surface area contributed by atoms with E-state index < -0.39 is 0 Å². The zero-order valence-electron chi connectivity index (χ0n) is 7.33. The zero-order chi connectivity index (χ0) is 9.14. The van der Waals surface area contributed by atoms with Gasteiger partial charge < -0.3 is 5.11 Å². The lowest BCUT2D eigenvalue weighted by Gasteiger charge is -2.35. The van der Waals surface area contributed by atoms with Gasteiger partial charge in [-0.2, -0.15) is 0 Å². The minimum atomic E-state index is -0.310. The van der Waals surface area contributed by atoms with Crippen molar-refractivity contribution in [3.8, 4) is 12.3 Å². The van der Waals surface area contributed by atoms with Crippen molar-refractivity contribution >= 4 is 0 Å². The van der Waals surface area contributed by atoms with Crippen LogP contribution in [0.25, 0.3) is 0 Å². The Morgan fingerprint density at radius 3 is 2.92 bits per heavy atom. The third-order valence-corrected chi connectivity index (χ3v) is 2.50. The molecule has 2 N–H and O–H groups in total. The van der Waals surface area contributed by atoms with Crippen LogP contribution in [0.4, 0.5) is 0 Å². The molecular formula is C10H15NO. The van der Waals surface area contributed by atoms with Crippen LogP contribution < -0.4 is 5.32 Å². The van der Waals surface area contributed by atoms with Crippen molar-refractivity contribution in [2.24, 2.45) is 5.92 Å². The van der Waals surface area contributed by atoms with Crippen LogP contribution in [-0.2, 0) is 0 Å². The van der Waals surface area contributed by atoms with Crippen LogP contribution in [0.1, 0.15) is 13.3 Å². The van der Waals surface area contributed by atoms with Crippen LogP contribution in [0.5, 0.6) is 0 Å². The molecule has 0 radical (unpaired) electrons. The van der Waals surface area contributed by atoms with E-state index in [9.17, 15) is 5.11 Å². The Morgan fingerprint density at radius 2 is 2.42 bits per heavy atom. The van der Waals surface area contributed by atoms with Crippen molar-refractivity contribution in [3.05, 3.63) is 12.7 Å². The fourth-order valence-corrected chi connectivity index (χ4v) is 1.55. The highest BCUT2D eigenvalue weighted by Crippen LogP contribution is 2.20. The summed E-state index contributed by atoms with van der Waals surface area (Å²) in [5, 5.41) is 12.8. The maximum Gasteiger partial charge on any atom is 0.0716 e. The molecule has 1 fully saturated rings. The van der Waals surface area contributed by atoms with Crippen LogP contribution >= 0.6 is 0 Å². The topological polar surface area (TPSA) is 32.3 Å². The standard InChI is InChI=1S/C10H15NO/c1-4-8-6-10(12)7(3)9(5-2)11-8/h1,5,7-12H,2,6H2,3H3/t7-,8+,9-,10+/m1/s1. The molecule has 0 amide bonds. The molecule has 12 heavy (non-hydrogen) atoms. The van der Waals surface area contributed by atoms with Crippen LogP contribution in [-0.4, -0.2) is 23.3 Å². The highest BCUT2D eigenvalue weighted by molar-refractivity contribution is 5.08. The summed E-state index contributed by atoms with van der Waals surface area (Å²) in [6, 6.07) is 0.119. The third-order valence-electron chi connectivity index (χ3n) is 2.50. The fourth-order valence-electron chi connectivity index (χ4n) is 1.55. The molecule has 4 atom stereocenters. The van der Waals surface area contributed by atoms with Crippen molar-refractivity contribution in [2.45, 2.75) is 31.5 Å². The van der Waals surface area contributed by atoms with Gasteiger partial charge in [0.05, 0.1) is 12.1 Å². The van der Waals surface area contributed by atoms with E-state index in [0.29, 0.717) is 6.42 Å². The highest BCUT2D eigenvalue weighted by atomic mass is 16.3. The lowest BCUT2D eigenvalue weighted by molar-refractivity contribution is 0.0624. The molecule has 0 aromatic rings. The van der Waals surface area contributed by atoms with Gasteiger partial charge in [0.25, 0.3) is 0 Å². The summed E-state index contributed by atoms with van der Waals surface area (Å²) in [5.74, 6) is 2.80. The van der Waals surface area contributed by atoms with E-state index in [-0.39, 0.29) is 24.1 Å². The average Bonchev–Trinajstić information content (AvgIpc) is 2.09. The van der Waals surface area contributed by atoms with Crippen molar-refractivity contribution in [1.82, 2.24) is 5.32 Å². The van der Waals surface area contributed by atoms with E-state index in [1.807, 2.05) is 6.92 Å². The fraction of sp³-hybridized carbons (Fsp3) is 0.600. The van der Waals surface area contributed by atoms with Crippen LogP contribution in [0, 0.1) is 18.3 Å². The van der Waals surface area contributed by atoms with Crippen molar-refractivity contribution in [1.29, 1.82) is 0 Å². The molecule has 0 aromatic heterocycles. The maximum atomic E-state index is 9.60. The zero-order valence-corrected chi connectivity index (χ0v) is 7.33. The molecule has 0 aliphatic carbocycles. The quantitative estimate of drug-likeness (QED) is 0.439. The Hall–Kier alpha value is -0.780. The van der Waals surface area contributed by atoms with Crippen LogP contribution in [0.2, 0.25) is 0 Å². The number of aliphatic hydroxyl groups excluding tert-OH is 1. The smallest absolute Gasteiger partial charge is 0.0716 e. The predicted molar refractivity (Wildman–Crippen MR) is 49.5 cm³/mol. The molecule has 66 valence electrons. The Bertz CT molecular complexity index is 206. The Morgan fingerprint density at radius 1 is 1.75 bits per heavy atom. The molecule has 0 bridgehead atoms. The lowest BCUT2D eigenvalue weighted by Crippen LogP contribution is -2.51. The van der Waals surface area contributed by atoms with E-state index in [2.05, 4.69) is 17.8 Å². The summed E-state index contributed by atoms with van der Waals surface area (Å²) in [7, 11) is 0. The molecule has 1 rings (SSSR count). The molecule has 1 aliphatic rings. The molecular weight excluding hydrogens is 150 g/mol. The summed E-state index contributed by atoms with van der Waals surface area (Å²) < 4.78 is 0. The minimum Gasteiger partial charge on any atom is -0.393 e. The number of rotatable bonds is 1. The molecule has 0 spiro atoms. The van der Waals surface area contributed by atoms with E-state index >= 15 is 0 Å². The van der Waals surface area contributed by atoms with E-state index in [0.717, 1.165) is 0 Å². The highest BCUT2D eigenvalue weighted by Gasteiger charge is 2.30. The van der Waals surface area contributed by atoms with Gasteiger partial charge in [0.15, 0.2) is 0 Å². The summed E-state index contributed by atoms with van der Waals surface area (Å²) in [6.07, 6.45) is 7.40.